The average molecular weight is 643 g/mol. The number of fused-ring (bicyclic) bond motifs is 3. The smallest absolute Gasteiger partial charge is 0.410 e. The van der Waals surface area contributed by atoms with Crippen LogP contribution in [0, 0.1) is 12.8 Å². The number of methoxy groups -OCH3 is 2. The Kier molecular flexibility index (Phi) is 8.65. The zero-order chi connectivity index (χ0) is 30.1. The van der Waals surface area contributed by atoms with E-state index in [0.717, 1.165) is 18.7 Å². The third-order valence-corrected chi connectivity index (χ3v) is 9.04. The molecule has 2 saturated heterocycles. The Labute approximate surface area is 253 Å². The summed E-state index contributed by atoms with van der Waals surface area (Å²) in [7, 11) is 4.90. The number of anilines is 1. The Morgan fingerprint density at radius 3 is 2.55 bits per heavy atom. The van der Waals surface area contributed by atoms with Crippen molar-refractivity contribution in [3.8, 4) is 5.75 Å². The normalized spacial score (nSPS) is 22.0. The SMILES string of the molecule is COC(=O)c1c(C)[nH]c2c1C1C(=CC2OC(=O)N2CCN(C)CC2)N(C(=O)/C=C/c2ccc(OC)c(N)c2)C[C@H]1CBr. The number of likely N-dealkylation sites (N-methyl/N-ethyl adjacent to an activating group) is 1. The number of esters is 1. The molecule has 2 aliphatic heterocycles. The van der Waals surface area contributed by atoms with E-state index in [1.54, 1.807) is 42.0 Å². The van der Waals surface area contributed by atoms with Crippen LogP contribution in [0.3, 0.4) is 0 Å². The summed E-state index contributed by atoms with van der Waals surface area (Å²) in [4.78, 5) is 48.7. The maximum absolute atomic E-state index is 13.6. The number of aromatic nitrogens is 1. The molecule has 3 aliphatic rings. The van der Waals surface area contributed by atoms with E-state index in [-0.39, 0.29) is 17.7 Å². The number of halogens is 1. The summed E-state index contributed by atoms with van der Waals surface area (Å²) < 4.78 is 16.4. The fraction of sp³-hybridized carbons (Fsp3) is 0.433. The van der Waals surface area contributed by atoms with Crippen molar-refractivity contribution < 1.29 is 28.6 Å². The van der Waals surface area contributed by atoms with Crippen molar-refractivity contribution in [1.82, 2.24) is 19.7 Å². The molecule has 3 atom stereocenters. The average Bonchev–Trinajstić information content (AvgIpc) is 3.53. The minimum atomic E-state index is -0.815. The first-order valence-corrected chi connectivity index (χ1v) is 14.9. The van der Waals surface area contributed by atoms with Crippen LogP contribution in [0.4, 0.5) is 10.5 Å². The number of nitrogens with zero attached hydrogens (tertiary/aromatic N) is 3. The van der Waals surface area contributed by atoms with Crippen LogP contribution in [0.5, 0.6) is 5.75 Å². The lowest BCUT2D eigenvalue weighted by molar-refractivity contribution is -0.123. The molecule has 2 fully saturated rings. The van der Waals surface area contributed by atoms with Crippen LogP contribution in [0.2, 0.25) is 0 Å². The lowest BCUT2D eigenvalue weighted by atomic mass is 9.80. The molecular weight excluding hydrogens is 606 g/mol. The Hall–Kier alpha value is -3.77. The monoisotopic (exact) mass is 641 g/mol. The molecule has 0 saturated carbocycles. The highest BCUT2D eigenvalue weighted by Crippen LogP contribution is 2.51. The fourth-order valence-corrected chi connectivity index (χ4v) is 6.56. The highest BCUT2D eigenvalue weighted by atomic mass is 79.9. The number of benzene rings is 1. The second-order valence-corrected chi connectivity index (χ2v) is 11.5. The van der Waals surface area contributed by atoms with Gasteiger partial charge < -0.3 is 39.6 Å². The minimum absolute atomic E-state index is 0.0307. The van der Waals surface area contributed by atoms with Crippen LogP contribution in [-0.2, 0) is 14.3 Å². The van der Waals surface area contributed by atoms with E-state index >= 15 is 0 Å². The molecule has 0 spiro atoms. The minimum Gasteiger partial charge on any atom is -0.495 e. The second kappa shape index (κ2) is 12.2. The Morgan fingerprint density at radius 1 is 1.17 bits per heavy atom. The van der Waals surface area contributed by atoms with Gasteiger partial charge in [0.2, 0.25) is 0 Å². The molecule has 2 aromatic rings. The van der Waals surface area contributed by atoms with E-state index in [0.29, 0.717) is 64.6 Å². The van der Waals surface area contributed by atoms with E-state index in [2.05, 4.69) is 25.8 Å². The Balaban J connectivity index is 1.50. The molecule has 1 aromatic carbocycles. The van der Waals surface area contributed by atoms with Gasteiger partial charge >= 0.3 is 12.1 Å². The van der Waals surface area contributed by atoms with Crippen LogP contribution in [0.15, 0.2) is 36.0 Å². The molecule has 2 unspecified atom stereocenters. The number of carbonyl (C=O) groups is 3. The molecule has 11 nitrogen and oxygen atoms in total. The summed E-state index contributed by atoms with van der Waals surface area (Å²) in [6.45, 7) is 4.84. The third kappa shape index (κ3) is 5.52. The van der Waals surface area contributed by atoms with Gasteiger partial charge in [0.05, 0.1) is 31.2 Å². The summed E-state index contributed by atoms with van der Waals surface area (Å²) in [5, 5.41) is 0.591. The molecule has 12 heteroatoms. The van der Waals surface area contributed by atoms with Crippen molar-refractivity contribution >= 4 is 45.7 Å². The molecule has 2 amide bonds. The van der Waals surface area contributed by atoms with E-state index in [1.165, 1.54) is 13.2 Å². The van der Waals surface area contributed by atoms with Crippen molar-refractivity contribution in [2.45, 2.75) is 18.9 Å². The van der Waals surface area contributed by atoms with Crippen molar-refractivity contribution in [2.24, 2.45) is 5.92 Å². The maximum Gasteiger partial charge on any atom is 0.410 e. The largest absolute Gasteiger partial charge is 0.495 e. The number of piperazine rings is 1. The van der Waals surface area contributed by atoms with Crippen LogP contribution in [0.25, 0.3) is 6.08 Å². The molecule has 0 radical (unpaired) electrons. The van der Waals surface area contributed by atoms with Crippen molar-refractivity contribution in [3.05, 3.63) is 64.1 Å². The van der Waals surface area contributed by atoms with E-state index < -0.39 is 18.2 Å². The number of allylic oxidation sites excluding steroid dienone is 1. The van der Waals surface area contributed by atoms with Gasteiger partial charge in [-0.3, -0.25) is 4.79 Å². The van der Waals surface area contributed by atoms with Crippen molar-refractivity contribution in [3.63, 3.8) is 0 Å². The van der Waals surface area contributed by atoms with Crippen LogP contribution in [-0.4, -0.2) is 97.0 Å². The number of hydrogen-bond donors (Lipinski definition) is 2. The van der Waals surface area contributed by atoms with E-state index in [1.807, 2.05) is 19.2 Å². The van der Waals surface area contributed by atoms with Crippen LogP contribution >= 0.6 is 15.9 Å². The molecule has 3 heterocycles. The zero-order valence-corrected chi connectivity index (χ0v) is 25.8. The van der Waals surface area contributed by atoms with E-state index in [9.17, 15) is 14.4 Å². The lowest BCUT2D eigenvalue weighted by Gasteiger charge is -2.34. The Morgan fingerprint density at radius 2 is 1.90 bits per heavy atom. The van der Waals surface area contributed by atoms with Gasteiger partial charge in [0.1, 0.15) is 5.75 Å². The third-order valence-electron chi connectivity index (χ3n) is 8.21. The molecule has 1 aromatic heterocycles. The van der Waals surface area contributed by atoms with Crippen molar-refractivity contribution in [1.29, 1.82) is 0 Å². The first kappa shape index (κ1) is 29.7. The van der Waals surface area contributed by atoms with Crippen molar-refractivity contribution in [2.75, 3.05) is 65.1 Å². The summed E-state index contributed by atoms with van der Waals surface area (Å²) in [6.07, 6.45) is 3.78. The molecule has 42 heavy (non-hydrogen) atoms. The number of ether oxygens (including phenoxy) is 3. The molecule has 1 aliphatic carbocycles. The number of nitrogens with two attached hydrogens (primary N) is 1. The molecular formula is C30H36BrN5O6. The number of likely N-dealkylation sites (tertiary alicyclic amines) is 1. The number of aromatic amines is 1. The predicted molar refractivity (Wildman–Crippen MR) is 161 cm³/mol. The quantitative estimate of drug-likeness (QED) is 0.211. The number of H-pyrrole nitrogens is 1. The van der Waals surface area contributed by atoms with Gasteiger partial charge in [-0.15, -0.1) is 0 Å². The van der Waals surface area contributed by atoms with Crippen LogP contribution < -0.4 is 10.5 Å². The van der Waals surface area contributed by atoms with E-state index in [4.69, 9.17) is 19.9 Å². The summed E-state index contributed by atoms with van der Waals surface area (Å²) in [5.41, 5.74) is 10.3. The van der Waals surface area contributed by atoms with Gasteiger partial charge in [-0.1, -0.05) is 22.0 Å². The van der Waals surface area contributed by atoms with Gasteiger partial charge in [0, 0.05) is 67.0 Å². The second-order valence-electron chi connectivity index (χ2n) is 10.8. The maximum atomic E-state index is 13.6. The molecule has 0 bridgehead atoms. The van der Waals surface area contributed by atoms with Gasteiger partial charge in [0.25, 0.3) is 5.91 Å². The summed E-state index contributed by atoms with van der Waals surface area (Å²) >= 11 is 3.63. The Bertz CT molecular complexity index is 1440. The number of hydrogen-bond acceptors (Lipinski definition) is 8. The summed E-state index contributed by atoms with van der Waals surface area (Å²) in [5.74, 6) is -0.471. The van der Waals surface area contributed by atoms with Crippen LogP contribution in [0.1, 0.15) is 44.9 Å². The van der Waals surface area contributed by atoms with Gasteiger partial charge in [-0.2, -0.15) is 0 Å². The molecule has 3 N–H and O–H groups in total. The number of amides is 2. The number of nitrogen functional groups attached to an aromatic ring is 1. The predicted octanol–water partition coefficient (Wildman–Crippen LogP) is 3.67. The first-order valence-electron chi connectivity index (χ1n) is 13.8. The zero-order valence-electron chi connectivity index (χ0n) is 24.2. The lowest BCUT2D eigenvalue weighted by Crippen LogP contribution is -2.47. The number of aryl methyl sites for hydroxylation is 1. The van der Waals surface area contributed by atoms with Gasteiger partial charge in [0.15, 0.2) is 6.10 Å². The highest BCUT2D eigenvalue weighted by Gasteiger charge is 2.48. The number of rotatable bonds is 6. The molecule has 224 valence electrons. The topological polar surface area (TPSA) is 130 Å². The number of nitrogens with one attached hydrogen (secondary N) is 1. The van der Waals surface area contributed by atoms with Gasteiger partial charge in [-0.05, 0) is 49.7 Å². The molecule has 5 rings (SSSR count). The fourth-order valence-electron chi connectivity index (χ4n) is 5.99. The first-order chi connectivity index (χ1) is 20.2. The summed E-state index contributed by atoms with van der Waals surface area (Å²) in [6, 6.07) is 5.31. The van der Waals surface area contributed by atoms with Gasteiger partial charge in [-0.25, -0.2) is 9.59 Å². The number of alkyl halides is 1. The number of carbonyl (C=O) groups excluding carboxylic acids is 3. The standard InChI is InChI=1S/C30H36BrN5O6/c1-17-25(29(38)41-4)27-26-19(15-31)16-36(24(37)8-6-18-5-7-22(40-3)20(32)13-18)21(26)14-23(28(27)33-17)42-30(39)35-11-9-34(2)10-12-35/h5-8,13-14,19,23,26,33H,9-12,15-16,32H2,1-4H3/b8-6+/t19-,23?,26?/m1/s1. The highest BCUT2D eigenvalue weighted by molar-refractivity contribution is 9.09.